The van der Waals surface area contributed by atoms with E-state index in [0.29, 0.717) is 23.2 Å². The molecule has 1 amide bonds. The van der Waals surface area contributed by atoms with E-state index in [9.17, 15) is 14.7 Å². The molecule has 0 saturated heterocycles. The minimum Gasteiger partial charge on any atom is -0.493 e. The van der Waals surface area contributed by atoms with Gasteiger partial charge in [-0.2, -0.15) is 0 Å². The van der Waals surface area contributed by atoms with Crippen molar-refractivity contribution in [3.05, 3.63) is 87.3 Å². The molecule has 2 aromatic carbocycles. The van der Waals surface area contributed by atoms with Gasteiger partial charge in [0.2, 0.25) is 5.88 Å². The van der Waals surface area contributed by atoms with Gasteiger partial charge in [0.25, 0.3) is 11.5 Å². The lowest BCUT2D eigenvalue weighted by Gasteiger charge is -2.17. The van der Waals surface area contributed by atoms with E-state index in [2.05, 4.69) is 22.1 Å². The third-order valence-electron chi connectivity index (χ3n) is 7.37. The van der Waals surface area contributed by atoms with E-state index in [4.69, 9.17) is 0 Å². The number of amides is 1. The van der Waals surface area contributed by atoms with Crippen molar-refractivity contribution in [2.24, 2.45) is 16.1 Å². The van der Waals surface area contributed by atoms with Gasteiger partial charge in [-0.3, -0.25) is 14.2 Å². The number of carbonyl (C=O) groups excluding carboxylic acids is 1. The number of nitrogens with zero attached hydrogens (tertiary/aromatic N) is 5. The van der Waals surface area contributed by atoms with Crippen LogP contribution in [0.3, 0.4) is 0 Å². The van der Waals surface area contributed by atoms with Crippen molar-refractivity contribution in [1.29, 1.82) is 0 Å². The summed E-state index contributed by atoms with van der Waals surface area (Å²) in [4.78, 5) is 33.0. The minimum absolute atomic E-state index is 0.0707. The third kappa shape index (κ3) is 4.12. The SMILES string of the molecule is CC1CCc2c(sc3ncn(C(C)C(=O)N=Nc4c(O)n(Cc5ccccc5)c5ccccc45)c(=O)c23)C1. The summed E-state index contributed by atoms with van der Waals surface area (Å²) in [5.41, 5.74) is 2.88. The number of carbonyl (C=O) groups is 1. The molecule has 1 aliphatic rings. The summed E-state index contributed by atoms with van der Waals surface area (Å²) >= 11 is 1.58. The lowest BCUT2D eigenvalue weighted by atomic mass is 9.89. The highest BCUT2D eigenvalue weighted by molar-refractivity contribution is 7.18. The van der Waals surface area contributed by atoms with Gasteiger partial charge in [0.1, 0.15) is 10.9 Å². The van der Waals surface area contributed by atoms with Crippen molar-refractivity contribution in [2.75, 3.05) is 0 Å². The van der Waals surface area contributed by atoms with Crippen molar-refractivity contribution >= 4 is 44.1 Å². The maximum absolute atomic E-state index is 13.4. The molecule has 9 heteroatoms. The lowest BCUT2D eigenvalue weighted by molar-refractivity contribution is -0.121. The van der Waals surface area contributed by atoms with E-state index in [1.54, 1.807) is 22.8 Å². The fourth-order valence-electron chi connectivity index (χ4n) is 5.22. The summed E-state index contributed by atoms with van der Waals surface area (Å²) < 4.78 is 3.09. The first-order valence-electron chi connectivity index (χ1n) is 12.7. The van der Waals surface area contributed by atoms with E-state index in [0.717, 1.165) is 40.7 Å². The molecule has 2 atom stereocenters. The maximum atomic E-state index is 13.4. The molecule has 1 aliphatic carbocycles. The second kappa shape index (κ2) is 9.64. The van der Waals surface area contributed by atoms with Crippen LogP contribution >= 0.6 is 11.3 Å². The third-order valence-corrected chi connectivity index (χ3v) is 8.53. The number of hydrogen-bond donors (Lipinski definition) is 1. The molecule has 38 heavy (non-hydrogen) atoms. The molecule has 3 heterocycles. The van der Waals surface area contributed by atoms with Gasteiger partial charge in [-0.1, -0.05) is 55.5 Å². The summed E-state index contributed by atoms with van der Waals surface area (Å²) in [6, 6.07) is 16.4. The Kier molecular flexibility index (Phi) is 6.15. The molecule has 0 fully saturated rings. The molecular weight excluding hydrogens is 498 g/mol. The van der Waals surface area contributed by atoms with Crippen LogP contribution in [0.25, 0.3) is 21.1 Å². The number of aryl methyl sites for hydroxylation is 1. The van der Waals surface area contributed by atoms with E-state index >= 15 is 0 Å². The Labute approximate surface area is 222 Å². The van der Waals surface area contributed by atoms with Gasteiger partial charge < -0.3 is 9.67 Å². The predicted molar refractivity (Wildman–Crippen MR) is 148 cm³/mol. The van der Waals surface area contributed by atoms with E-state index in [1.807, 2.05) is 54.6 Å². The summed E-state index contributed by atoms with van der Waals surface area (Å²) in [5, 5.41) is 20.5. The molecule has 0 radical (unpaired) electrons. The number of benzene rings is 2. The van der Waals surface area contributed by atoms with Gasteiger partial charge in [-0.15, -0.1) is 21.6 Å². The minimum atomic E-state index is -0.888. The second-order valence-corrected chi connectivity index (χ2v) is 11.0. The van der Waals surface area contributed by atoms with Crippen molar-refractivity contribution in [1.82, 2.24) is 14.1 Å². The van der Waals surface area contributed by atoms with Crippen molar-refractivity contribution in [3.8, 4) is 5.88 Å². The Bertz CT molecular complexity index is 1770. The van der Waals surface area contributed by atoms with Gasteiger partial charge >= 0.3 is 0 Å². The molecule has 0 saturated carbocycles. The zero-order chi connectivity index (χ0) is 26.4. The van der Waals surface area contributed by atoms with Crippen LogP contribution in [-0.4, -0.2) is 25.1 Å². The van der Waals surface area contributed by atoms with Crippen molar-refractivity contribution in [3.63, 3.8) is 0 Å². The summed E-state index contributed by atoms with van der Waals surface area (Å²) in [7, 11) is 0. The van der Waals surface area contributed by atoms with Crippen LogP contribution in [0.5, 0.6) is 5.88 Å². The molecule has 3 aromatic heterocycles. The molecule has 6 rings (SSSR count). The standard InChI is InChI=1S/C29H27N5O3S/c1-17-12-13-21-23(14-17)38-27-24(21)28(36)34(16-30-27)18(2)26(35)32-31-25-20-10-6-7-11-22(20)33(29(25)37)15-19-8-4-3-5-9-19/h3-11,16-18,37H,12-15H2,1-2H3. The van der Waals surface area contributed by atoms with Crippen LogP contribution in [0.4, 0.5) is 5.69 Å². The largest absolute Gasteiger partial charge is 0.493 e. The Morgan fingerprint density at radius 1 is 1.18 bits per heavy atom. The number of para-hydroxylation sites is 1. The molecule has 0 bridgehead atoms. The summed E-state index contributed by atoms with van der Waals surface area (Å²) in [6.45, 7) is 4.29. The fourth-order valence-corrected chi connectivity index (χ4v) is 6.56. The monoisotopic (exact) mass is 525 g/mol. The van der Waals surface area contributed by atoms with Gasteiger partial charge in [0.15, 0.2) is 5.69 Å². The van der Waals surface area contributed by atoms with Crippen LogP contribution < -0.4 is 5.56 Å². The maximum Gasteiger partial charge on any atom is 0.287 e. The molecule has 8 nitrogen and oxygen atoms in total. The first kappa shape index (κ1) is 24.2. The zero-order valence-corrected chi connectivity index (χ0v) is 22.0. The van der Waals surface area contributed by atoms with Gasteiger partial charge in [0, 0.05) is 10.3 Å². The highest BCUT2D eigenvalue weighted by atomic mass is 32.1. The molecule has 5 aromatic rings. The summed E-state index contributed by atoms with van der Waals surface area (Å²) in [5.74, 6) is -0.0716. The molecular formula is C29H27N5O3S. The number of azo groups is 1. The zero-order valence-electron chi connectivity index (χ0n) is 21.2. The van der Waals surface area contributed by atoms with Gasteiger partial charge in [-0.05, 0) is 49.3 Å². The molecule has 0 spiro atoms. The van der Waals surface area contributed by atoms with E-state index in [-0.39, 0.29) is 17.1 Å². The Hall–Kier alpha value is -4.11. The quantitative estimate of drug-likeness (QED) is 0.278. The number of hydrogen-bond acceptors (Lipinski definition) is 6. The van der Waals surface area contributed by atoms with Crippen molar-refractivity contribution < 1.29 is 9.90 Å². The molecule has 192 valence electrons. The topological polar surface area (TPSA) is 102 Å². The molecule has 1 N–H and O–H groups in total. The number of fused-ring (bicyclic) bond motifs is 4. The number of rotatable bonds is 5. The average molecular weight is 526 g/mol. The Balaban J connectivity index is 1.32. The highest BCUT2D eigenvalue weighted by Crippen LogP contribution is 2.39. The second-order valence-electron chi connectivity index (χ2n) is 9.96. The van der Waals surface area contributed by atoms with Gasteiger partial charge in [-0.25, -0.2) is 4.98 Å². The van der Waals surface area contributed by atoms with Gasteiger partial charge in [0.05, 0.1) is 23.8 Å². The fraction of sp³-hybridized carbons (Fsp3) is 0.276. The molecule has 0 aliphatic heterocycles. The van der Waals surface area contributed by atoms with Crippen molar-refractivity contribution in [2.45, 2.75) is 45.7 Å². The average Bonchev–Trinajstić information content (AvgIpc) is 3.42. The Morgan fingerprint density at radius 2 is 1.95 bits per heavy atom. The molecule has 2 unspecified atom stereocenters. The summed E-state index contributed by atoms with van der Waals surface area (Å²) in [6.07, 6.45) is 4.28. The smallest absolute Gasteiger partial charge is 0.287 e. The first-order valence-corrected chi connectivity index (χ1v) is 13.5. The van der Waals surface area contributed by atoms with Crippen LogP contribution in [0.1, 0.15) is 42.3 Å². The van der Waals surface area contributed by atoms with E-state index < -0.39 is 11.9 Å². The first-order chi connectivity index (χ1) is 18.4. The number of aromatic nitrogens is 3. The number of thiophene rings is 1. The van der Waals surface area contributed by atoms with Crippen LogP contribution in [0, 0.1) is 5.92 Å². The predicted octanol–water partition coefficient (Wildman–Crippen LogP) is 6.16. The van der Waals surface area contributed by atoms with Crippen LogP contribution in [0.15, 0.2) is 75.9 Å². The highest BCUT2D eigenvalue weighted by Gasteiger charge is 2.25. The lowest BCUT2D eigenvalue weighted by Crippen LogP contribution is -2.28. The van der Waals surface area contributed by atoms with E-state index in [1.165, 1.54) is 15.8 Å². The Morgan fingerprint density at radius 3 is 2.76 bits per heavy atom. The van der Waals surface area contributed by atoms with Crippen LogP contribution in [-0.2, 0) is 24.2 Å². The normalized spacial score (nSPS) is 16.3. The number of aromatic hydroxyl groups is 1. The van der Waals surface area contributed by atoms with Crippen LogP contribution in [0.2, 0.25) is 0 Å².